The summed E-state index contributed by atoms with van der Waals surface area (Å²) in [6.45, 7) is 5.02. The largest absolute Gasteiger partial charge is 0.497 e. The molecule has 1 atom stereocenters. The number of amides is 2. The number of hydrogen-bond acceptors (Lipinski definition) is 5. The molecule has 0 bridgehead atoms. The van der Waals surface area contributed by atoms with Crippen molar-refractivity contribution in [2.75, 3.05) is 59.5 Å². The molecule has 2 heterocycles. The second-order valence-corrected chi connectivity index (χ2v) is 8.07. The van der Waals surface area contributed by atoms with E-state index in [1.54, 1.807) is 36.3 Å². The highest BCUT2D eigenvalue weighted by Crippen LogP contribution is 2.16. The molecule has 2 amide bonds. The minimum Gasteiger partial charge on any atom is -0.497 e. The Hall–Kier alpha value is -2.97. The zero-order valence-corrected chi connectivity index (χ0v) is 18.2. The summed E-state index contributed by atoms with van der Waals surface area (Å²) in [4.78, 5) is 31.4. The predicted molar refractivity (Wildman–Crippen MR) is 117 cm³/mol. The van der Waals surface area contributed by atoms with Gasteiger partial charge in [-0.2, -0.15) is 0 Å². The molecule has 170 valence electrons. The minimum atomic E-state index is -0.356. The number of benzene rings is 2. The maximum Gasteiger partial charge on any atom is 0.254 e. The number of carbonyl (C=O) groups is 2. The average molecular weight is 442 g/mol. The van der Waals surface area contributed by atoms with E-state index in [4.69, 9.17) is 9.47 Å². The van der Waals surface area contributed by atoms with Gasteiger partial charge in [-0.1, -0.05) is 0 Å². The predicted octanol–water partition coefficient (Wildman–Crippen LogP) is 2.13. The molecule has 0 aliphatic carbocycles. The summed E-state index contributed by atoms with van der Waals surface area (Å²) in [6.07, 6.45) is -0.0861. The van der Waals surface area contributed by atoms with Gasteiger partial charge in [0.15, 0.2) is 0 Å². The highest BCUT2D eigenvalue weighted by molar-refractivity contribution is 5.94. The van der Waals surface area contributed by atoms with Gasteiger partial charge in [-0.05, 0) is 48.5 Å². The van der Waals surface area contributed by atoms with Crippen LogP contribution in [0.15, 0.2) is 48.5 Å². The molecule has 0 unspecified atom stereocenters. The summed E-state index contributed by atoms with van der Waals surface area (Å²) in [7, 11) is 1.60. The standard InChI is InChI=1S/C24H28FN3O4/c1-31-21-8-4-19(5-9-21)23(29)27-12-10-26(11-13-27)16-22-17-28(14-15-32-22)24(30)18-2-6-20(25)7-3-18/h2-9,22H,10-17H2,1H3/t22-/m1/s1. The number of piperazine rings is 1. The number of rotatable bonds is 5. The molecule has 7 nitrogen and oxygen atoms in total. The molecule has 0 spiro atoms. The van der Waals surface area contributed by atoms with Gasteiger partial charge in [0.1, 0.15) is 11.6 Å². The Balaban J connectivity index is 1.26. The number of morpholine rings is 1. The first-order valence-corrected chi connectivity index (χ1v) is 10.9. The van der Waals surface area contributed by atoms with Crippen molar-refractivity contribution >= 4 is 11.8 Å². The molecule has 0 radical (unpaired) electrons. The first kappa shape index (κ1) is 22.2. The fourth-order valence-electron chi connectivity index (χ4n) is 4.13. The van der Waals surface area contributed by atoms with Gasteiger partial charge in [0, 0.05) is 56.9 Å². The van der Waals surface area contributed by atoms with Gasteiger partial charge < -0.3 is 19.3 Å². The number of nitrogens with zero attached hydrogens (tertiary/aromatic N) is 3. The number of methoxy groups -OCH3 is 1. The Labute approximate surface area is 187 Å². The number of carbonyl (C=O) groups excluding carboxylic acids is 2. The van der Waals surface area contributed by atoms with Crippen molar-refractivity contribution in [2.45, 2.75) is 6.10 Å². The summed E-state index contributed by atoms with van der Waals surface area (Å²) >= 11 is 0. The Morgan fingerprint density at radius 3 is 2.12 bits per heavy atom. The third-order valence-electron chi connectivity index (χ3n) is 5.98. The fraction of sp³-hybridized carbons (Fsp3) is 0.417. The molecule has 2 aromatic carbocycles. The highest BCUT2D eigenvalue weighted by Gasteiger charge is 2.29. The summed E-state index contributed by atoms with van der Waals surface area (Å²) in [6, 6.07) is 12.8. The summed E-state index contributed by atoms with van der Waals surface area (Å²) in [5, 5.41) is 0. The molecule has 2 aliphatic rings. The SMILES string of the molecule is COc1ccc(C(=O)N2CCN(C[C@@H]3CN(C(=O)c4ccc(F)cc4)CCO3)CC2)cc1. The van der Waals surface area contributed by atoms with Gasteiger partial charge in [-0.3, -0.25) is 14.5 Å². The Morgan fingerprint density at radius 1 is 0.906 bits per heavy atom. The third kappa shape index (κ3) is 5.26. The molecule has 8 heteroatoms. The van der Waals surface area contributed by atoms with Crippen LogP contribution in [-0.2, 0) is 4.74 Å². The second kappa shape index (κ2) is 10.1. The van der Waals surface area contributed by atoms with Gasteiger partial charge in [-0.25, -0.2) is 4.39 Å². The van der Waals surface area contributed by atoms with Crippen molar-refractivity contribution in [3.05, 3.63) is 65.5 Å². The fourth-order valence-corrected chi connectivity index (χ4v) is 4.13. The van der Waals surface area contributed by atoms with Crippen molar-refractivity contribution in [1.82, 2.24) is 14.7 Å². The maximum absolute atomic E-state index is 13.1. The van der Waals surface area contributed by atoms with Crippen molar-refractivity contribution < 1.29 is 23.5 Å². The van der Waals surface area contributed by atoms with E-state index in [2.05, 4.69) is 4.90 Å². The van der Waals surface area contributed by atoms with Crippen LogP contribution < -0.4 is 4.74 Å². The summed E-state index contributed by atoms with van der Waals surface area (Å²) < 4.78 is 24.2. The van der Waals surface area contributed by atoms with Gasteiger partial charge in [0.25, 0.3) is 11.8 Å². The lowest BCUT2D eigenvalue weighted by molar-refractivity contribution is -0.0399. The van der Waals surface area contributed by atoms with Crippen LogP contribution in [0.3, 0.4) is 0 Å². The van der Waals surface area contributed by atoms with Crippen LogP contribution in [0.1, 0.15) is 20.7 Å². The molecule has 2 fully saturated rings. The van der Waals surface area contributed by atoms with Crippen molar-refractivity contribution in [3.8, 4) is 5.75 Å². The molecule has 2 aliphatic heterocycles. The molecule has 0 saturated carbocycles. The smallest absolute Gasteiger partial charge is 0.254 e. The van der Waals surface area contributed by atoms with E-state index < -0.39 is 0 Å². The third-order valence-corrected chi connectivity index (χ3v) is 5.98. The van der Waals surface area contributed by atoms with Crippen LogP contribution >= 0.6 is 0 Å². The molecule has 32 heavy (non-hydrogen) atoms. The zero-order chi connectivity index (χ0) is 22.5. The Bertz CT molecular complexity index is 927. The number of halogens is 1. The van der Waals surface area contributed by atoms with E-state index in [-0.39, 0.29) is 23.7 Å². The van der Waals surface area contributed by atoms with Crippen LogP contribution in [0, 0.1) is 5.82 Å². The van der Waals surface area contributed by atoms with Crippen LogP contribution in [0.5, 0.6) is 5.75 Å². The zero-order valence-electron chi connectivity index (χ0n) is 18.2. The van der Waals surface area contributed by atoms with Crippen LogP contribution in [-0.4, -0.2) is 92.1 Å². The lowest BCUT2D eigenvalue weighted by atomic mass is 10.1. The van der Waals surface area contributed by atoms with Crippen molar-refractivity contribution in [1.29, 1.82) is 0 Å². The molecule has 2 aromatic rings. The van der Waals surface area contributed by atoms with Crippen molar-refractivity contribution in [2.24, 2.45) is 0 Å². The van der Waals surface area contributed by atoms with E-state index in [0.29, 0.717) is 50.5 Å². The molecular formula is C24H28FN3O4. The van der Waals surface area contributed by atoms with E-state index in [9.17, 15) is 14.0 Å². The van der Waals surface area contributed by atoms with E-state index >= 15 is 0 Å². The number of ether oxygens (including phenoxy) is 2. The van der Waals surface area contributed by atoms with Crippen molar-refractivity contribution in [3.63, 3.8) is 0 Å². The summed E-state index contributed by atoms with van der Waals surface area (Å²) in [5.74, 6) is 0.294. The van der Waals surface area contributed by atoms with Gasteiger partial charge in [0.05, 0.1) is 19.8 Å². The second-order valence-electron chi connectivity index (χ2n) is 8.07. The Morgan fingerprint density at radius 2 is 1.50 bits per heavy atom. The maximum atomic E-state index is 13.1. The van der Waals surface area contributed by atoms with Gasteiger partial charge >= 0.3 is 0 Å². The summed E-state index contributed by atoms with van der Waals surface area (Å²) in [5.41, 5.74) is 1.14. The van der Waals surface area contributed by atoms with Gasteiger partial charge in [-0.15, -0.1) is 0 Å². The first-order valence-electron chi connectivity index (χ1n) is 10.9. The van der Waals surface area contributed by atoms with Crippen LogP contribution in [0.4, 0.5) is 4.39 Å². The quantitative estimate of drug-likeness (QED) is 0.712. The van der Waals surface area contributed by atoms with E-state index in [1.807, 2.05) is 4.90 Å². The average Bonchev–Trinajstić information content (AvgIpc) is 2.84. The van der Waals surface area contributed by atoms with E-state index in [1.165, 1.54) is 24.3 Å². The topological polar surface area (TPSA) is 62.3 Å². The lowest BCUT2D eigenvalue weighted by Crippen LogP contribution is -2.54. The van der Waals surface area contributed by atoms with Gasteiger partial charge in [0.2, 0.25) is 0 Å². The normalized spacial score (nSPS) is 19.6. The molecule has 4 rings (SSSR count). The molecular weight excluding hydrogens is 413 g/mol. The molecule has 0 aromatic heterocycles. The highest BCUT2D eigenvalue weighted by atomic mass is 19.1. The first-order chi connectivity index (χ1) is 15.5. The monoisotopic (exact) mass is 441 g/mol. The molecule has 0 N–H and O–H groups in total. The Kier molecular flexibility index (Phi) is 7.02. The molecule has 2 saturated heterocycles. The van der Waals surface area contributed by atoms with E-state index in [0.717, 1.165) is 18.8 Å². The minimum absolute atomic E-state index is 0.0253. The number of hydrogen-bond donors (Lipinski definition) is 0. The van der Waals surface area contributed by atoms with Crippen LogP contribution in [0.25, 0.3) is 0 Å². The van der Waals surface area contributed by atoms with Crippen LogP contribution in [0.2, 0.25) is 0 Å². The lowest BCUT2D eigenvalue weighted by Gasteiger charge is -2.39.